The first kappa shape index (κ1) is 19.3. The minimum Gasteiger partial charge on any atom is -0.348 e. The van der Waals surface area contributed by atoms with Crippen LogP contribution in [0.3, 0.4) is 0 Å². The predicted octanol–water partition coefficient (Wildman–Crippen LogP) is 2.98. The van der Waals surface area contributed by atoms with Gasteiger partial charge in [0.1, 0.15) is 12.0 Å². The fourth-order valence-electron chi connectivity index (χ4n) is 4.33. The highest BCUT2D eigenvalue weighted by Crippen LogP contribution is 2.33. The van der Waals surface area contributed by atoms with E-state index >= 15 is 0 Å². The molecule has 1 saturated heterocycles. The van der Waals surface area contributed by atoms with Gasteiger partial charge in [-0.05, 0) is 34.9 Å². The molecule has 5 rings (SSSR count). The van der Waals surface area contributed by atoms with Gasteiger partial charge in [-0.15, -0.1) is 0 Å². The first-order chi connectivity index (χ1) is 15.2. The summed E-state index contributed by atoms with van der Waals surface area (Å²) in [6.07, 6.45) is 8.32. The van der Waals surface area contributed by atoms with Crippen LogP contribution in [0, 0.1) is 17.2 Å². The standard InChI is InChI=1S/C21H20ClN8O/c22-18-2-1-3-19(30(18)31)28-9-6-14(11-28)17(4-7-23)29-12-15(10-27-29)20-16-5-8-24-21(16)26-13-25-20/h1-3,5,8,10,12-14,17,31H,4,6,9,11H2,(H,24,25,26)/q+1. The van der Waals surface area contributed by atoms with E-state index in [1.165, 1.54) is 6.33 Å². The summed E-state index contributed by atoms with van der Waals surface area (Å²) in [5.74, 6) is 0.840. The first-order valence-corrected chi connectivity index (χ1v) is 10.4. The number of aromatic amines is 1. The number of hydrogen-bond donors (Lipinski definition) is 2. The van der Waals surface area contributed by atoms with Gasteiger partial charge in [-0.25, -0.2) is 9.97 Å². The Balaban J connectivity index is 1.42. The molecule has 31 heavy (non-hydrogen) atoms. The highest BCUT2D eigenvalue weighted by molar-refractivity contribution is 6.28. The van der Waals surface area contributed by atoms with Crippen molar-refractivity contribution in [3.63, 3.8) is 0 Å². The molecule has 156 valence electrons. The maximum Gasteiger partial charge on any atom is 0.317 e. The number of nitrogens with zero attached hydrogens (tertiary/aromatic N) is 7. The minimum absolute atomic E-state index is 0.0846. The van der Waals surface area contributed by atoms with Crippen molar-refractivity contribution in [2.45, 2.75) is 18.9 Å². The fraction of sp³-hybridized carbons (Fsp3) is 0.286. The van der Waals surface area contributed by atoms with Crippen LogP contribution in [0.15, 0.2) is 49.2 Å². The second-order valence-corrected chi connectivity index (χ2v) is 8.00. The highest BCUT2D eigenvalue weighted by atomic mass is 35.5. The number of rotatable bonds is 5. The Labute approximate surface area is 183 Å². The third kappa shape index (κ3) is 3.45. The minimum atomic E-state index is -0.0846. The van der Waals surface area contributed by atoms with Crippen LogP contribution in [0.1, 0.15) is 18.9 Å². The van der Waals surface area contributed by atoms with E-state index in [-0.39, 0.29) is 17.1 Å². The predicted molar refractivity (Wildman–Crippen MR) is 114 cm³/mol. The molecule has 1 aliphatic rings. The Hall–Kier alpha value is -3.64. The summed E-state index contributed by atoms with van der Waals surface area (Å²) in [7, 11) is 0. The summed E-state index contributed by atoms with van der Waals surface area (Å²) >= 11 is 6.05. The molecule has 4 aromatic heterocycles. The third-order valence-corrected chi connectivity index (χ3v) is 6.15. The van der Waals surface area contributed by atoms with Gasteiger partial charge in [0.05, 0.1) is 43.5 Å². The lowest BCUT2D eigenvalue weighted by Crippen LogP contribution is -2.40. The van der Waals surface area contributed by atoms with Crippen LogP contribution in [-0.4, -0.2) is 43.0 Å². The number of pyridine rings is 1. The van der Waals surface area contributed by atoms with Gasteiger partial charge in [0, 0.05) is 41.4 Å². The summed E-state index contributed by atoms with van der Waals surface area (Å²) in [6, 6.07) is 9.44. The average Bonchev–Trinajstić information content (AvgIpc) is 3.54. The molecular formula is C21H20ClN8O+. The molecule has 0 aromatic carbocycles. The van der Waals surface area contributed by atoms with E-state index < -0.39 is 0 Å². The topological polar surface area (TPSA) is 111 Å². The number of hydrogen-bond acceptors (Lipinski definition) is 6. The molecule has 0 amide bonds. The molecule has 4 aromatic rings. The maximum absolute atomic E-state index is 10.3. The van der Waals surface area contributed by atoms with E-state index in [0.29, 0.717) is 18.8 Å². The van der Waals surface area contributed by atoms with Crippen molar-refractivity contribution < 1.29 is 9.94 Å². The fourth-order valence-corrected chi connectivity index (χ4v) is 4.49. The molecule has 0 radical (unpaired) electrons. The normalized spacial score (nSPS) is 17.2. The van der Waals surface area contributed by atoms with Crippen molar-refractivity contribution in [3.8, 4) is 17.3 Å². The van der Waals surface area contributed by atoms with E-state index in [9.17, 15) is 10.5 Å². The van der Waals surface area contributed by atoms with Gasteiger partial charge < -0.3 is 10.2 Å². The molecule has 1 fully saturated rings. The Morgan fingerprint density at radius 1 is 1.35 bits per heavy atom. The van der Waals surface area contributed by atoms with Crippen LogP contribution in [0.2, 0.25) is 5.15 Å². The number of anilines is 1. The number of fused-ring (bicyclic) bond motifs is 1. The van der Waals surface area contributed by atoms with E-state index in [1.54, 1.807) is 12.3 Å². The lowest BCUT2D eigenvalue weighted by Gasteiger charge is -2.20. The zero-order valence-electron chi connectivity index (χ0n) is 16.6. The molecule has 2 N–H and O–H groups in total. The van der Waals surface area contributed by atoms with Crippen LogP contribution in [0.25, 0.3) is 22.3 Å². The van der Waals surface area contributed by atoms with Crippen molar-refractivity contribution in [3.05, 3.63) is 54.3 Å². The Morgan fingerprint density at radius 2 is 2.26 bits per heavy atom. The lowest BCUT2D eigenvalue weighted by atomic mass is 9.96. The molecule has 0 saturated carbocycles. The Bertz CT molecular complexity index is 1280. The number of halogens is 1. The van der Waals surface area contributed by atoms with Crippen molar-refractivity contribution >= 4 is 28.5 Å². The number of nitriles is 1. The van der Waals surface area contributed by atoms with Crippen molar-refractivity contribution in [2.75, 3.05) is 18.0 Å². The molecule has 0 bridgehead atoms. The van der Waals surface area contributed by atoms with Crippen LogP contribution >= 0.6 is 11.6 Å². The average molecular weight is 436 g/mol. The largest absolute Gasteiger partial charge is 0.348 e. The summed E-state index contributed by atoms with van der Waals surface area (Å²) in [5, 5.41) is 25.5. The third-order valence-electron chi connectivity index (χ3n) is 5.86. The van der Waals surface area contributed by atoms with Crippen LogP contribution < -0.4 is 9.63 Å². The first-order valence-electron chi connectivity index (χ1n) is 10.00. The van der Waals surface area contributed by atoms with Crippen LogP contribution in [0.5, 0.6) is 0 Å². The van der Waals surface area contributed by atoms with E-state index in [2.05, 4.69) is 31.0 Å². The van der Waals surface area contributed by atoms with Gasteiger partial charge in [0.25, 0.3) is 0 Å². The lowest BCUT2D eigenvalue weighted by molar-refractivity contribution is -0.892. The Morgan fingerprint density at radius 3 is 3.13 bits per heavy atom. The Kier molecular flexibility index (Phi) is 4.92. The zero-order chi connectivity index (χ0) is 21.4. The molecule has 0 spiro atoms. The molecule has 10 heteroatoms. The van der Waals surface area contributed by atoms with E-state index in [4.69, 9.17) is 11.6 Å². The molecule has 2 unspecified atom stereocenters. The quantitative estimate of drug-likeness (QED) is 0.283. The van der Waals surface area contributed by atoms with E-state index in [0.717, 1.165) is 40.0 Å². The van der Waals surface area contributed by atoms with Gasteiger partial charge in [0.15, 0.2) is 0 Å². The van der Waals surface area contributed by atoms with Crippen molar-refractivity contribution in [1.29, 1.82) is 5.26 Å². The number of aromatic nitrogens is 6. The molecule has 1 aliphatic heterocycles. The molecular weight excluding hydrogens is 416 g/mol. The smallest absolute Gasteiger partial charge is 0.317 e. The van der Waals surface area contributed by atoms with Gasteiger partial charge >= 0.3 is 5.82 Å². The summed E-state index contributed by atoms with van der Waals surface area (Å²) in [4.78, 5) is 13.8. The summed E-state index contributed by atoms with van der Waals surface area (Å²) < 4.78 is 2.87. The van der Waals surface area contributed by atoms with Gasteiger partial charge in [-0.1, -0.05) is 0 Å². The summed E-state index contributed by atoms with van der Waals surface area (Å²) in [6.45, 7) is 1.45. The maximum atomic E-state index is 10.3. The second kappa shape index (κ2) is 7.89. The number of H-pyrrole nitrogens is 1. The van der Waals surface area contributed by atoms with Crippen molar-refractivity contribution in [2.24, 2.45) is 5.92 Å². The van der Waals surface area contributed by atoms with Crippen molar-refractivity contribution in [1.82, 2.24) is 24.7 Å². The van der Waals surface area contributed by atoms with Crippen LogP contribution in [-0.2, 0) is 0 Å². The molecule has 0 aliphatic carbocycles. The molecule has 9 nitrogen and oxygen atoms in total. The van der Waals surface area contributed by atoms with E-state index in [1.807, 2.05) is 35.3 Å². The second-order valence-electron chi connectivity index (χ2n) is 7.61. The molecule has 2 atom stereocenters. The zero-order valence-corrected chi connectivity index (χ0v) is 17.3. The highest BCUT2D eigenvalue weighted by Gasteiger charge is 2.37. The SMILES string of the molecule is N#CCC(C1CCN(c2cccc(Cl)[n+]2O)C1)n1cc(-c2ncnc3[nH]ccc23)cn1. The van der Waals surface area contributed by atoms with Gasteiger partial charge in [0.2, 0.25) is 5.15 Å². The monoisotopic (exact) mass is 435 g/mol. The summed E-state index contributed by atoms with van der Waals surface area (Å²) in [5.41, 5.74) is 2.46. The van der Waals surface area contributed by atoms with Gasteiger partial charge in [-0.3, -0.25) is 9.58 Å². The number of nitrogens with one attached hydrogen (secondary N) is 1. The van der Waals surface area contributed by atoms with Gasteiger partial charge in [-0.2, -0.15) is 10.4 Å². The van der Waals surface area contributed by atoms with Crippen LogP contribution in [0.4, 0.5) is 5.82 Å². The molecule has 5 heterocycles.